The zero-order valence-electron chi connectivity index (χ0n) is 11.2. The van der Waals surface area contributed by atoms with Crippen molar-refractivity contribution < 1.29 is 13.2 Å². The summed E-state index contributed by atoms with van der Waals surface area (Å²) in [6.07, 6.45) is -2.69. The summed E-state index contributed by atoms with van der Waals surface area (Å²) in [6, 6.07) is 5.15. The number of benzene rings is 1. The first-order valence-corrected chi connectivity index (χ1v) is 6.51. The Labute approximate surface area is 121 Å². The van der Waals surface area contributed by atoms with E-state index in [0.29, 0.717) is 0 Å². The van der Waals surface area contributed by atoms with Crippen LogP contribution in [0.15, 0.2) is 29.4 Å². The number of hydrogen-bond donors (Lipinski definition) is 2. The first kappa shape index (κ1) is 16.4. The van der Waals surface area contributed by atoms with Gasteiger partial charge in [0.1, 0.15) is 0 Å². The van der Waals surface area contributed by atoms with E-state index in [4.69, 9.17) is 12.2 Å². The summed E-state index contributed by atoms with van der Waals surface area (Å²) in [5.74, 6) is 0. The molecule has 3 nitrogen and oxygen atoms in total. The molecule has 0 aliphatic rings. The SMILES string of the molecule is CCC/C(C)=N\NC(=S)Nc1ccccc1C(F)(F)F. The van der Waals surface area contributed by atoms with Crippen LogP contribution in [0.25, 0.3) is 0 Å². The standard InChI is InChI=1S/C13H16F3N3S/c1-3-6-9(2)18-19-12(20)17-11-8-5-4-7-10(11)13(14,15)16/h4-5,7-8H,3,6H2,1-2H3,(H2,17,19,20)/b18-9-. The minimum Gasteiger partial charge on any atom is -0.331 e. The van der Waals surface area contributed by atoms with Gasteiger partial charge < -0.3 is 5.32 Å². The van der Waals surface area contributed by atoms with Gasteiger partial charge in [-0.15, -0.1) is 0 Å². The molecule has 1 rings (SSSR count). The molecule has 0 bridgehead atoms. The topological polar surface area (TPSA) is 36.4 Å². The molecule has 0 unspecified atom stereocenters. The lowest BCUT2D eigenvalue weighted by atomic mass is 10.2. The van der Waals surface area contributed by atoms with Crippen molar-refractivity contribution >= 4 is 28.7 Å². The predicted molar refractivity (Wildman–Crippen MR) is 78.8 cm³/mol. The molecule has 2 N–H and O–H groups in total. The third-order valence-electron chi connectivity index (χ3n) is 2.44. The van der Waals surface area contributed by atoms with E-state index in [1.165, 1.54) is 18.2 Å². The fraction of sp³-hybridized carbons (Fsp3) is 0.385. The van der Waals surface area contributed by atoms with Crippen molar-refractivity contribution in [2.75, 3.05) is 5.32 Å². The van der Waals surface area contributed by atoms with E-state index in [9.17, 15) is 13.2 Å². The lowest BCUT2D eigenvalue weighted by Gasteiger charge is -2.14. The van der Waals surface area contributed by atoms with Crippen LogP contribution in [0.2, 0.25) is 0 Å². The van der Waals surface area contributed by atoms with Gasteiger partial charge in [0.15, 0.2) is 5.11 Å². The van der Waals surface area contributed by atoms with E-state index in [1.807, 2.05) is 13.8 Å². The predicted octanol–water partition coefficient (Wildman–Crippen LogP) is 4.17. The van der Waals surface area contributed by atoms with Gasteiger partial charge in [-0.05, 0) is 37.7 Å². The van der Waals surface area contributed by atoms with E-state index >= 15 is 0 Å². The Balaban J connectivity index is 2.74. The molecule has 0 radical (unpaired) electrons. The summed E-state index contributed by atoms with van der Waals surface area (Å²) in [6.45, 7) is 3.83. The van der Waals surface area contributed by atoms with Gasteiger partial charge in [-0.1, -0.05) is 25.5 Å². The van der Waals surface area contributed by atoms with Crippen molar-refractivity contribution in [1.82, 2.24) is 5.43 Å². The van der Waals surface area contributed by atoms with E-state index in [2.05, 4.69) is 15.8 Å². The fourth-order valence-electron chi connectivity index (χ4n) is 1.55. The molecule has 0 amide bonds. The Morgan fingerprint density at radius 2 is 1.95 bits per heavy atom. The van der Waals surface area contributed by atoms with Gasteiger partial charge in [-0.2, -0.15) is 18.3 Å². The highest BCUT2D eigenvalue weighted by Gasteiger charge is 2.33. The Kier molecular flexibility index (Phi) is 5.94. The molecule has 0 aromatic heterocycles. The van der Waals surface area contributed by atoms with Crippen molar-refractivity contribution in [3.05, 3.63) is 29.8 Å². The molecular formula is C13H16F3N3S. The van der Waals surface area contributed by atoms with Crippen LogP contribution in [0.1, 0.15) is 32.3 Å². The molecule has 0 saturated heterocycles. The lowest BCUT2D eigenvalue weighted by Crippen LogP contribution is -2.26. The quantitative estimate of drug-likeness (QED) is 0.498. The van der Waals surface area contributed by atoms with E-state index in [0.717, 1.165) is 24.6 Å². The second-order valence-electron chi connectivity index (χ2n) is 4.21. The first-order chi connectivity index (χ1) is 9.34. The number of anilines is 1. The van der Waals surface area contributed by atoms with Crippen LogP contribution in [0.5, 0.6) is 0 Å². The van der Waals surface area contributed by atoms with Gasteiger partial charge in [0.2, 0.25) is 0 Å². The maximum absolute atomic E-state index is 12.8. The number of thiocarbonyl (C=S) groups is 1. The molecule has 0 heterocycles. The number of rotatable bonds is 4. The summed E-state index contributed by atoms with van der Waals surface area (Å²) in [4.78, 5) is 0. The molecule has 1 aromatic carbocycles. The largest absolute Gasteiger partial charge is 0.418 e. The van der Waals surface area contributed by atoms with Crippen LogP contribution < -0.4 is 10.7 Å². The van der Waals surface area contributed by atoms with Gasteiger partial charge in [-0.3, -0.25) is 5.43 Å². The molecule has 0 fully saturated rings. The molecule has 0 aliphatic heterocycles. The number of hydrogen-bond acceptors (Lipinski definition) is 2. The van der Waals surface area contributed by atoms with Crippen molar-refractivity contribution in [3.8, 4) is 0 Å². The Bertz CT molecular complexity index is 498. The number of nitrogens with zero attached hydrogens (tertiary/aromatic N) is 1. The third-order valence-corrected chi connectivity index (χ3v) is 2.63. The second kappa shape index (κ2) is 7.23. The number of alkyl halides is 3. The normalized spacial score (nSPS) is 12.2. The summed E-state index contributed by atoms with van der Waals surface area (Å²) in [5, 5.41) is 6.52. The number of nitrogens with one attached hydrogen (secondary N) is 2. The maximum atomic E-state index is 12.8. The zero-order chi connectivity index (χ0) is 15.2. The number of para-hydroxylation sites is 1. The van der Waals surface area contributed by atoms with E-state index in [-0.39, 0.29) is 10.8 Å². The van der Waals surface area contributed by atoms with Crippen LogP contribution in [0.4, 0.5) is 18.9 Å². The highest BCUT2D eigenvalue weighted by Crippen LogP contribution is 2.34. The first-order valence-electron chi connectivity index (χ1n) is 6.11. The Hall–Kier alpha value is -1.63. The van der Waals surface area contributed by atoms with Crippen molar-refractivity contribution in [2.24, 2.45) is 5.10 Å². The number of halogens is 3. The van der Waals surface area contributed by atoms with Gasteiger partial charge >= 0.3 is 6.18 Å². The monoisotopic (exact) mass is 303 g/mol. The lowest BCUT2D eigenvalue weighted by molar-refractivity contribution is -0.136. The second-order valence-corrected chi connectivity index (χ2v) is 4.61. The average molecular weight is 303 g/mol. The van der Waals surface area contributed by atoms with Crippen LogP contribution in [-0.2, 0) is 6.18 Å². The highest BCUT2D eigenvalue weighted by molar-refractivity contribution is 7.80. The van der Waals surface area contributed by atoms with Crippen molar-refractivity contribution in [3.63, 3.8) is 0 Å². The third kappa shape index (κ3) is 5.16. The van der Waals surface area contributed by atoms with Gasteiger partial charge in [0.25, 0.3) is 0 Å². The molecule has 1 aromatic rings. The summed E-state index contributed by atoms with van der Waals surface area (Å²) in [5.41, 5.74) is 2.51. The van der Waals surface area contributed by atoms with Crippen LogP contribution in [-0.4, -0.2) is 10.8 Å². The molecule has 20 heavy (non-hydrogen) atoms. The smallest absolute Gasteiger partial charge is 0.331 e. The van der Waals surface area contributed by atoms with Crippen molar-refractivity contribution in [2.45, 2.75) is 32.9 Å². The molecule has 0 spiro atoms. The minimum absolute atomic E-state index is 0.0251. The molecule has 0 saturated carbocycles. The molecule has 0 atom stereocenters. The van der Waals surface area contributed by atoms with Gasteiger partial charge in [0, 0.05) is 5.71 Å². The maximum Gasteiger partial charge on any atom is 0.418 e. The molecular weight excluding hydrogens is 287 g/mol. The molecule has 7 heteroatoms. The Morgan fingerprint density at radius 1 is 1.30 bits per heavy atom. The van der Waals surface area contributed by atoms with Gasteiger partial charge in [-0.25, -0.2) is 0 Å². The molecule has 0 aliphatic carbocycles. The average Bonchev–Trinajstić information content (AvgIpc) is 2.36. The van der Waals surface area contributed by atoms with Crippen LogP contribution >= 0.6 is 12.2 Å². The van der Waals surface area contributed by atoms with E-state index in [1.54, 1.807) is 0 Å². The summed E-state index contributed by atoms with van der Waals surface area (Å²) < 4.78 is 38.3. The minimum atomic E-state index is -4.43. The Morgan fingerprint density at radius 3 is 2.55 bits per heavy atom. The fourth-order valence-corrected chi connectivity index (χ4v) is 1.71. The highest BCUT2D eigenvalue weighted by atomic mass is 32.1. The van der Waals surface area contributed by atoms with E-state index < -0.39 is 11.7 Å². The summed E-state index contributed by atoms with van der Waals surface area (Å²) >= 11 is 4.92. The van der Waals surface area contributed by atoms with Crippen molar-refractivity contribution in [1.29, 1.82) is 0 Å². The molecule has 110 valence electrons. The van der Waals surface area contributed by atoms with Gasteiger partial charge in [0.05, 0.1) is 11.3 Å². The zero-order valence-corrected chi connectivity index (χ0v) is 12.0. The summed E-state index contributed by atoms with van der Waals surface area (Å²) in [7, 11) is 0. The van der Waals surface area contributed by atoms with Crippen LogP contribution in [0, 0.1) is 0 Å². The van der Waals surface area contributed by atoms with Crippen LogP contribution in [0.3, 0.4) is 0 Å². The number of hydrazone groups is 1.